The Bertz CT molecular complexity index is 1270. The number of carbonyl (C=O) groups excluding carboxylic acids is 3. The molecule has 0 saturated carbocycles. The smallest absolute Gasteiger partial charge is 0.312 e. The second-order valence-electron chi connectivity index (χ2n) is 10.7. The number of benzene rings is 2. The van der Waals surface area contributed by atoms with Crippen LogP contribution in [0.25, 0.3) is 0 Å². The number of piperidine rings is 1. The highest BCUT2D eigenvalue weighted by molar-refractivity contribution is 6.35. The van der Waals surface area contributed by atoms with Gasteiger partial charge in [0.05, 0.1) is 25.7 Å². The predicted octanol–water partition coefficient (Wildman–Crippen LogP) is 1.88. The lowest BCUT2D eigenvalue weighted by atomic mass is 9.73. The average Bonchev–Trinajstić information content (AvgIpc) is 3.24. The molecule has 2 aromatic rings. The van der Waals surface area contributed by atoms with E-state index in [0.717, 1.165) is 47.6 Å². The molecule has 0 radical (unpaired) electrons. The summed E-state index contributed by atoms with van der Waals surface area (Å²) in [6, 6.07) is 13.9. The standard InChI is InChI=1S/C29H34N4O5/c1-37-23-5-3-4-22(17-23)30-12-14-31(15-13-30)27(35)28(36)32-18-21-8-10-29(19-32)25-7-6-24(38-2)16-20(25)9-11-33(29)26(21)34/h3-7,16-17,21H,8-15,18-19H2,1-2H3. The molecule has 3 amide bonds. The Labute approximate surface area is 222 Å². The molecule has 9 heteroatoms. The maximum atomic E-state index is 13.6. The summed E-state index contributed by atoms with van der Waals surface area (Å²) in [5, 5.41) is 0. The molecule has 200 valence electrons. The molecule has 2 aromatic carbocycles. The van der Waals surface area contributed by atoms with E-state index in [9.17, 15) is 14.4 Å². The van der Waals surface area contributed by atoms with E-state index in [2.05, 4.69) is 4.90 Å². The highest BCUT2D eigenvalue weighted by atomic mass is 16.5. The van der Waals surface area contributed by atoms with Crippen molar-refractivity contribution in [1.29, 1.82) is 0 Å². The van der Waals surface area contributed by atoms with Gasteiger partial charge in [-0.2, -0.15) is 0 Å². The quantitative estimate of drug-likeness (QED) is 0.578. The Morgan fingerprint density at radius 3 is 2.39 bits per heavy atom. The molecule has 0 aliphatic carbocycles. The average molecular weight is 519 g/mol. The number of amides is 3. The normalized spacial score (nSPS) is 24.5. The zero-order valence-corrected chi connectivity index (χ0v) is 22.0. The van der Waals surface area contributed by atoms with Crippen LogP contribution in [0.1, 0.15) is 24.0 Å². The molecule has 5 aliphatic rings. The van der Waals surface area contributed by atoms with Crippen LogP contribution in [0.15, 0.2) is 42.5 Å². The lowest BCUT2D eigenvalue weighted by molar-refractivity contribution is -0.152. The highest BCUT2D eigenvalue weighted by Crippen LogP contribution is 2.48. The lowest BCUT2D eigenvalue weighted by Gasteiger charge is -2.51. The summed E-state index contributed by atoms with van der Waals surface area (Å²) >= 11 is 0. The van der Waals surface area contributed by atoms with E-state index < -0.39 is 17.4 Å². The minimum atomic E-state index is -0.592. The molecule has 7 rings (SSSR count). The fourth-order valence-electron chi connectivity index (χ4n) is 6.76. The summed E-state index contributed by atoms with van der Waals surface area (Å²) in [4.78, 5) is 48.1. The molecule has 5 aliphatic heterocycles. The van der Waals surface area contributed by atoms with Crippen LogP contribution < -0.4 is 14.4 Å². The van der Waals surface area contributed by atoms with Crippen LogP contribution in [0.3, 0.4) is 0 Å². The molecule has 9 nitrogen and oxygen atoms in total. The monoisotopic (exact) mass is 518 g/mol. The molecular weight excluding hydrogens is 484 g/mol. The summed E-state index contributed by atoms with van der Waals surface area (Å²) in [5.74, 6) is 0.453. The summed E-state index contributed by atoms with van der Waals surface area (Å²) in [6.07, 6.45) is 2.27. The van der Waals surface area contributed by atoms with Gasteiger partial charge in [-0.3, -0.25) is 14.4 Å². The van der Waals surface area contributed by atoms with E-state index in [4.69, 9.17) is 9.47 Å². The van der Waals surface area contributed by atoms with Gasteiger partial charge in [-0.25, -0.2) is 0 Å². The number of hydrogen-bond donors (Lipinski definition) is 0. The Morgan fingerprint density at radius 2 is 1.63 bits per heavy atom. The highest BCUT2D eigenvalue weighted by Gasteiger charge is 2.55. The number of rotatable bonds is 3. The third kappa shape index (κ3) is 3.95. The van der Waals surface area contributed by atoms with Crippen LogP contribution >= 0.6 is 0 Å². The first-order valence-electron chi connectivity index (χ1n) is 13.4. The van der Waals surface area contributed by atoms with Gasteiger partial charge in [0, 0.05) is 57.6 Å². The van der Waals surface area contributed by atoms with Gasteiger partial charge < -0.3 is 29.1 Å². The van der Waals surface area contributed by atoms with Gasteiger partial charge in [0.1, 0.15) is 11.5 Å². The minimum Gasteiger partial charge on any atom is -0.497 e. The molecular formula is C29H34N4O5. The summed E-state index contributed by atoms with van der Waals surface area (Å²) in [6.45, 7) is 3.49. The van der Waals surface area contributed by atoms with Crippen molar-refractivity contribution >= 4 is 23.4 Å². The van der Waals surface area contributed by atoms with Crippen molar-refractivity contribution in [3.8, 4) is 11.5 Å². The van der Waals surface area contributed by atoms with E-state index in [-0.39, 0.29) is 11.8 Å². The summed E-state index contributed by atoms with van der Waals surface area (Å²) < 4.78 is 10.8. The van der Waals surface area contributed by atoms with E-state index in [1.807, 2.05) is 47.4 Å². The fourth-order valence-corrected chi connectivity index (χ4v) is 6.76. The number of carbonyl (C=O) groups is 3. The van der Waals surface area contributed by atoms with E-state index in [1.54, 1.807) is 24.0 Å². The number of anilines is 1. The minimum absolute atomic E-state index is 0.104. The van der Waals surface area contributed by atoms with Crippen molar-refractivity contribution in [2.24, 2.45) is 5.92 Å². The van der Waals surface area contributed by atoms with Crippen LogP contribution in [-0.4, -0.2) is 92.5 Å². The topological polar surface area (TPSA) is 82.6 Å². The van der Waals surface area contributed by atoms with Gasteiger partial charge in [-0.05, 0) is 54.7 Å². The molecule has 0 N–H and O–H groups in total. The van der Waals surface area contributed by atoms with Crippen molar-refractivity contribution in [3.05, 3.63) is 53.6 Å². The summed E-state index contributed by atoms with van der Waals surface area (Å²) in [7, 11) is 3.30. The van der Waals surface area contributed by atoms with E-state index in [0.29, 0.717) is 45.8 Å². The number of hydrogen-bond acceptors (Lipinski definition) is 6. The van der Waals surface area contributed by atoms with Gasteiger partial charge in [0.2, 0.25) is 5.91 Å². The largest absolute Gasteiger partial charge is 0.497 e. The maximum Gasteiger partial charge on any atom is 0.312 e. The first-order chi connectivity index (χ1) is 18.4. The van der Waals surface area contributed by atoms with Crippen molar-refractivity contribution in [1.82, 2.24) is 14.7 Å². The lowest BCUT2D eigenvalue weighted by Crippen LogP contribution is -2.60. The first-order valence-corrected chi connectivity index (χ1v) is 13.4. The molecule has 38 heavy (non-hydrogen) atoms. The molecule has 2 bridgehead atoms. The van der Waals surface area contributed by atoms with Crippen LogP contribution in [0.4, 0.5) is 5.69 Å². The van der Waals surface area contributed by atoms with Gasteiger partial charge in [0.25, 0.3) is 0 Å². The number of ether oxygens (including phenoxy) is 2. The number of fused-ring (bicyclic) bond motifs is 4. The van der Waals surface area contributed by atoms with Crippen LogP contribution in [0.5, 0.6) is 11.5 Å². The summed E-state index contributed by atoms with van der Waals surface area (Å²) in [5.41, 5.74) is 2.68. The number of piperazine rings is 1. The van der Waals surface area contributed by atoms with Gasteiger partial charge >= 0.3 is 11.8 Å². The van der Waals surface area contributed by atoms with Crippen LogP contribution in [0.2, 0.25) is 0 Å². The van der Waals surface area contributed by atoms with Crippen LogP contribution in [-0.2, 0) is 26.3 Å². The molecule has 2 unspecified atom stereocenters. The predicted molar refractivity (Wildman–Crippen MR) is 141 cm³/mol. The Kier molecular flexibility index (Phi) is 6.16. The molecule has 4 saturated heterocycles. The zero-order chi connectivity index (χ0) is 26.4. The Morgan fingerprint density at radius 1 is 0.895 bits per heavy atom. The molecule has 5 heterocycles. The van der Waals surface area contributed by atoms with E-state index >= 15 is 0 Å². The SMILES string of the molecule is COc1cccc(N2CCN(C(=O)C(=O)N3CC4CCC5(C3)c3ccc(OC)cc3CCN5C4=O)CC2)c1. The van der Waals surface area contributed by atoms with Crippen LogP contribution in [0, 0.1) is 5.92 Å². The van der Waals surface area contributed by atoms with Crippen molar-refractivity contribution in [3.63, 3.8) is 0 Å². The second kappa shape index (κ2) is 9.53. The Balaban J connectivity index is 1.20. The van der Waals surface area contributed by atoms with E-state index in [1.165, 1.54) is 0 Å². The third-order valence-corrected chi connectivity index (χ3v) is 8.81. The van der Waals surface area contributed by atoms with Crippen molar-refractivity contribution in [2.45, 2.75) is 24.8 Å². The number of nitrogens with zero attached hydrogens (tertiary/aromatic N) is 4. The second-order valence-corrected chi connectivity index (χ2v) is 10.7. The van der Waals surface area contributed by atoms with Gasteiger partial charge in [0.15, 0.2) is 0 Å². The maximum absolute atomic E-state index is 13.6. The van der Waals surface area contributed by atoms with Crippen molar-refractivity contribution < 1.29 is 23.9 Å². The molecule has 2 atom stereocenters. The zero-order valence-electron chi connectivity index (χ0n) is 22.0. The number of methoxy groups -OCH3 is 2. The Hall–Kier alpha value is -3.75. The third-order valence-electron chi connectivity index (χ3n) is 8.81. The van der Waals surface area contributed by atoms with Gasteiger partial charge in [-0.15, -0.1) is 0 Å². The first kappa shape index (κ1) is 24.6. The molecule has 0 aromatic heterocycles. The van der Waals surface area contributed by atoms with Gasteiger partial charge in [-0.1, -0.05) is 12.1 Å². The molecule has 4 fully saturated rings. The fraction of sp³-hybridized carbons (Fsp3) is 0.483. The van der Waals surface area contributed by atoms with Crippen molar-refractivity contribution in [2.75, 3.05) is 64.9 Å². The molecule has 1 spiro atoms.